The number of amides is 1. The van der Waals surface area contributed by atoms with Crippen LogP contribution in [-0.4, -0.2) is 41.8 Å². The number of aryl methyl sites for hydroxylation is 2. The lowest BCUT2D eigenvalue weighted by Crippen LogP contribution is -2.28. The predicted molar refractivity (Wildman–Crippen MR) is 83.2 cm³/mol. The molecular formula is C15H17N7O. The van der Waals surface area contributed by atoms with Gasteiger partial charge in [0.05, 0.1) is 0 Å². The molecule has 0 radical (unpaired) electrons. The lowest BCUT2D eigenvalue weighted by Gasteiger charge is -2.07. The first-order valence-corrected chi connectivity index (χ1v) is 7.25. The molecule has 1 N–H and O–H groups in total. The van der Waals surface area contributed by atoms with Gasteiger partial charge in [0, 0.05) is 37.9 Å². The predicted octanol–water partition coefficient (Wildman–Crippen LogP) is 0.906. The third-order valence-electron chi connectivity index (χ3n) is 3.52. The van der Waals surface area contributed by atoms with E-state index in [9.17, 15) is 4.79 Å². The first-order chi connectivity index (χ1) is 11.1. The van der Waals surface area contributed by atoms with Gasteiger partial charge in [0.25, 0.3) is 5.91 Å². The molecule has 23 heavy (non-hydrogen) atoms. The zero-order valence-electron chi connectivity index (χ0n) is 13.0. The fourth-order valence-corrected chi connectivity index (χ4v) is 2.22. The molecule has 8 heteroatoms. The van der Waals surface area contributed by atoms with E-state index in [0.29, 0.717) is 18.9 Å². The molecule has 0 aliphatic rings. The Kier molecular flexibility index (Phi) is 4.13. The van der Waals surface area contributed by atoms with Gasteiger partial charge in [0.2, 0.25) is 0 Å². The molecule has 0 atom stereocenters. The van der Waals surface area contributed by atoms with Crippen LogP contribution in [0, 0.1) is 13.8 Å². The highest BCUT2D eigenvalue weighted by molar-refractivity contribution is 5.92. The van der Waals surface area contributed by atoms with Crippen LogP contribution in [0.1, 0.15) is 22.1 Å². The van der Waals surface area contributed by atoms with Crippen molar-refractivity contribution in [1.29, 1.82) is 0 Å². The largest absolute Gasteiger partial charge is 0.349 e. The monoisotopic (exact) mass is 311 g/mol. The minimum atomic E-state index is -0.246. The van der Waals surface area contributed by atoms with Crippen LogP contribution in [0.25, 0.3) is 5.82 Å². The zero-order valence-corrected chi connectivity index (χ0v) is 13.0. The first kappa shape index (κ1) is 14.9. The third kappa shape index (κ3) is 3.25. The van der Waals surface area contributed by atoms with Crippen molar-refractivity contribution in [2.24, 2.45) is 0 Å². The molecule has 3 aromatic heterocycles. The summed E-state index contributed by atoms with van der Waals surface area (Å²) >= 11 is 0. The highest BCUT2D eigenvalue weighted by Crippen LogP contribution is 2.06. The molecule has 3 rings (SSSR count). The standard InChI is InChI=1S/C15H17N7O/c1-11-16-5-8-21(11)9-6-18-15(23)13-3-4-14(20-19-13)22-10-7-17-12(22)2/h3-5,7-8,10H,6,9H2,1-2H3,(H,18,23). The Balaban J connectivity index is 1.60. The van der Waals surface area contributed by atoms with Gasteiger partial charge in [-0.3, -0.25) is 9.36 Å². The second-order valence-electron chi connectivity index (χ2n) is 5.04. The molecule has 1 amide bonds. The van der Waals surface area contributed by atoms with Crippen molar-refractivity contribution < 1.29 is 4.79 Å². The van der Waals surface area contributed by atoms with Crippen LogP contribution in [0.2, 0.25) is 0 Å². The number of carbonyl (C=O) groups excluding carboxylic acids is 1. The highest BCUT2D eigenvalue weighted by Gasteiger charge is 2.09. The van der Waals surface area contributed by atoms with Gasteiger partial charge in [0.1, 0.15) is 11.6 Å². The number of aromatic nitrogens is 6. The average molecular weight is 311 g/mol. The van der Waals surface area contributed by atoms with Crippen molar-refractivity contribution in [3.8, 4) is 5.82 Å². The zero-order chi connectivity index (χ0) is 16.2. The SMILES string of the molecule is Cc1nccn1CCNC(=O)c1ccc(-n2ccnc2C)nn1. The summed E-state index contributed by atoms with van der Waals surface area (Å²) in [5, 5.41) is 10.9. The van der Waals surface area contributed by atoms with Gasteiger partial charge in [-0.15, -0.1) is 10.2 Å². The number of nitrogens with one attached hydrogen (secondary N) is 1. The van der Waals surface area contributed by atoms with Crippen LogP contribution in [0.4, 0.5) is 0 Å². The van der Waals surface area contributed by atoms with E-state index in [-0.39, 0.29) is 11.6 Å². The normalized spacial score (nSPS) is 10.7. The maximum absolute atomic E-state index is 12.1. The molecule has 0 saturated carbocycles. The lowest BCUT2D eigenvalue weighted by molar-refractivity contribution is 0.0946. The minimum Gasteiger partial charge on any atom is -0.349 e. The summed E-state index contributed by atoms with van der Waals surface area (Å²) < 4.78 is 3.77. The molecule has 0 bridgehead atoms. The van der Waals surface area contributed by atoms with Gasteiger partial charge < -0.3 is 9.88 Å². The van der Waals surface area contributed by atoms with Crippen molar-refractivity contribution in [2.75, 3.05) is 6.54 Å². The quantitative estimate of drug-likeness (QED) is 0.756. The summed E-state index contributed by atoms with van der Waals surface area (Å²) in [6.45, 7) is 4.96. The van der Waals surface area contributed by atoms with Crippen LogP contribution in [0.15, 0.2) is 36.9 Å². The van der Waals surface area contributed by atoms with Gasteiger partial charge in [0.15, 0.2) is 11.5 Å². The Hall–Kier alpha value is -3.03. The lowest BCUT2D eigenvalue weighted by atomic mass is 10.3. The topological polar surface area (TPSA) is 90.5 Å². The molecule has 8 nitrogen and oxygen atoms in total. The smallest absolute Gasteiger partial charge is 0.271 e. The Morgan fingerprint density at radius 3 is 2.48 bits per heavy atom. The molecule has 3 heterocycles. The van der Waals surface area contributed by atoms with E-state index in [1.165, 1.54) is 0 Å². The summed E-state index contributed by atoms with van der Waals surface area (Å²) in [5.41, 5.74) is 0.286. The number of nitrogens with zero attached hydrogens (tertiary/aromatic N) is 6. The number of imidazole rings is 2. The Bertz CT molecular complexity index is 803. The summed E-state index contributed by atoms with van der Waals surface area (Å²) in [7, 11) is 0. The van der Waals surface area contributed by atoms with Crippen molar-refractivity contribution in [2.45, 2.75) is 20.4 Å². The van der Waals surface area contributed by atoms with E-state index >= 15 is 0 Å². The number of carbonyl (C=O) groups is 1. The van der Waals surface area contributed by atoms with Crippen LogP contribution < -0.4 is 5.32 Å². The molecule has 0 aliphatic heterocycles. The number of hydrogen-bond donors (Lipinski definition) is 1. The molecule has 0 aromatic carbocycles. The molecular weight excluding hydrogens is 294 g/mol. The Morgan fingerprint density at radius 1 is 1.09 bits per heavy atom. The molecule has 0 unspecified atom stereocenters. The molecule has 0 saturated heterocycles. The van der Waals surface area contributed by atoms with E-state index < -0.39 is 0 Å². The summed E-state index contributed by atoms with van der Waals surface area (Å²) in [6.07, 6.45) is 7.10. The fraction of sp³-hybridized carbons (Fsp3) is 0.267. The van der Waals surface area contributed by atoms with E-state index in [2.05, 4.69) is 25.5 Å². The van der Waals surface area contributed by atoms with Gasteiger partial charge in [-0.1, -0.05) is 0 Å². The third-order valence-corrected chi connectivity index (χ3v) is 3.52. The summed E-state index contributed by atoms with van der Waals surface area (Å²) in [6, 6.07) is 3.40. The van der Waals surface area contributed by atoms with Crippen molar-refractivity contribution in [3.63, 3.8) is 0 Å². The van der Waals surface area contributed by atoms with E-state index in [4.69, 9.17) is 0 Å². The van der Waals surface area contributed by atoms with Crippen molar-refractivity contribution >= 4 is 5.91 Å². The first-order valence-electron chi connectivity index (χ1n) is 7.25. The molecule has 3 aromatic rings. The maximum atomic E-state index is 12.1. The fourth-order valence-electron chi connectivity index (χ4n) is 2.22. The molecule has 0 spiro atoms. The van der Waals surface area contributed by atoms with E-state index in [0.717, 1.165) is 11.6 Å². The minimum absolute atomic E-state index is 0.246. The summed E-state index contributed by atoms with van der Waals surface area (Å²) in [5.74, 6) is 2.11. The molecule has 0 aliphatic carbocycles. The maximum Gasteiger partial charge on any atom is 0.271 e. The van der Waals surface area contributed by atoms with Gasteiger partial charge in [-0.2, -0.15) is 0 Å². The Morgan fingerprint density at radius 2 is 1.87 bits per heavy atom. The average Bonchev–Trinajstić information content (AvgIpc) is 3.16. The van der Waals surface area contributed by atoms with Crippen molar-refractivity contribution in [1.82, 2.24) is 34.6 Å². The van der Waals surface area contributed by atoms with E-state index in [1.54, 1.807) is 35.3 Å². The second kappa shape index (κ2) is 6.39. The van der Waals surface area contributed by atoms with Gasteiger partial charge >= 0.3 is 0 Å². The van der Waals surface area contributed by atoms with Gasteiger partial charge in [-0.25, -0.2) is 9.97 Å². The van der Waals surface area contributed by atoms with Crippen LogP contribution in [0.3, 0.4) is 0 Å². The van der Waals surface area contributed by atoms with Crippen molar-refractivity contribution in [3.05, 3.63) is 54.3 Å². The molecule has 0 fully saturated rings. The second-order valence-corrected chi connectivity index (χ2v) is 5.04. The van der Waals surface area contributed by atoms with Crippen LogP contribution in [0.5, 0.6) is 0 Å². The Labute approximate surface area is 133 Å². The summed E-state index contributed by atoms with van der Waals surface area (Å²) in [4.78, 5) is 20.3. The number of rotatable bonds is 5. The van der Waals surface area contributed by atoms with E-state index in [1.807, 2.05) is 24.6 Å². The van der Waals surface area contributed by atoms with Crippen LogP contribution in [-0.2, 0) is 6.54 Å². The van der Waals surface area contributed by atoms with Gasteiger partial charge in [-0.05, 0) is 26.0 Å². The highest BCUT2D eigenvalue weighted by atomic mass is 16.1. The van der Waals surface area contributed by atoms with Crippen LogP contribution >= 0.6 is 0 Å². The molecule has 118 valence electrons. The number of hydrogen-bond acceptors (Lipinski definition) is 5.